The van der Waals surface area contributed by atoms with E-state index >= 15 is 0 Å². The molecule has 0 saturated carbocycles. The van der Waals surface area contributed by atoms with Gasteiger partial charge < -0.3 is 5.32 Å². The molecule has 162 valence electrons. The number of aromatic nitrogens is 3. The molecule has 11 heteroatoms. The van der Waals surface area contributed by atoms with Gasteiger partial charge in [-0.15, -0.1) is 5.10 Å². The van der Waals surface area contributed by atoms with Gasteiger partial charge in [0.2, 0.25) is 10.0 Å². The smallest absolute Gasteiger partial charge is 0.306 e. The minimum Gasteiger partial charge on any atom is -0.306 e. The monoisotopic (exact) mass is 452 g/mol. The Morgan fingerprint density at radius 1 is 0.906 bits per heavy atom. The van der Waals surface area contributed by atoms with Gasteiger partial charge in [0.05, 0.1) is 11.4 Å². The van der Waals surface area contributed by atoms with Crippen molar-refractivity contribution in [2.75, 3.05) is 10.6 Å². The van der Waals surface area contributed by atoms with Crippen LogP contribution in [0.4, 0.5) is 20.8 Å². The molecule has 32 heavy (non-hydrogen) atoms. The molecule has 4 aromatic rings. The van der Waals surface area contributed by atoms with E-state index in [4.69, 9.17) is 5.14 Å². The van der Waals surface area contributed by atoms with Crippen molar-refractivity contribution in [3.8, 4) is 17.1 Å². The van der Waals surface area contributed by atoms with Crippen LogP contribution in [0.2, 0.25) is 0 Å². The topological polar surface area (TPSA) is 132 Å². The average Bonchev–Trinajstić information content (AvgIpc) is 3.18. The summed E-state index contributed by atoms with van der Waals surface area (Å²) in [5.74, 6) is -0.0300. The zero-order valence-electron chi connectivity index (χ0n) is 16.4. The van der Waals surface area contributed by atoms with Crippen LogP contribution in [0.1, 0.15) is 0 Å². The number of sulfonamides is 1. The van der Waals surface area contributed by atoms with Crippen molar-refractivity contribution in [2.45, 2.75) is 4.90 Å². The summed E-state index contributed by atoms with van der Waals surface area (Å²) in [5.41, 5.74) is 1.26. The Labute approximate surface area is 182 Å². The molecule has 3 aromatic carbocycles. The van der Waals surface area contributed by atoms with E-state index in [-0.39, 0.29) is 16.5 Å². The van der Waals surface area contributed by atoms with Crippen LogP contribution in [0.3, 0.4) is 0 Å². The number of para-hydroxylation sites is 1. The van der Waals surface area contributed by atoms with Gasteiger partial charge in [0.25, 0.3) is 5.95 Å². The molecular weight excluding hydrogens is 435 g/mol. The number of primary sulfonamides is 1. The highest BCUT2D eigenvalue weighted by atomic mass is 32.2. The number of rotatable bonds is 5. The maximum atomic E-state index is 13.4. The maximum Gasteiger partial charge on any atom is 0.326 e. The van der Waals surface area contributed by atoms with Gasteiger partial charge in [0.1, 0.15) is 10.7 Å². The Bertz CT molecular complexity index is 1370. The SMILES string of the molecule is NS(=O)(=O)c1ccccc1NC(=O)Nc1nc(-c2ccccc2)n(-c2ccc(F)cc2)n1. The van der Waals surface area contributed by atoms with Crippen LogP contribution in [-0.2, 0) is 10.0 Å². The van der Waals surface area contributed by atoms with E-state index in [1.165, 1.54) is 47.1 Å². The average molecular weight is 452 g/mol. The van der Waals surface area contributed by atoms with E-state index in [1.54, 1.807) is 6.07 Å². The second-order valence-corrected chi connectivity index (χ2v) is 8.16. The largest absolute Gasteiger partial charge is 0.326 e. The number of carbonyl (C=O) groups is 1. The van der Waals surface area contributed by atoms with E-state index < -0.39 is 21.9 Å². The van der Waals surface area contributed by atoms with Crippen molar-refractivity contribution in [3.63, 3.8) is 0 Å². The van der Waals surface area contributed by atoms with Crippen molar-refractivity contribution >= 4 is 27.7 Å². The third-order valence-corrected chi connectivity index (χ3v) is 5.35. The van der Waals surface area contributed by atoms with Crippen molar-refractivity contribution in [2.24, 2.45) is 5.14 Å². The molecule has 0 aliphatic carbocycles. The lowest BCUT2D eigenvalue weighted by Gasteiger charge is -2.09. The van der Waals surface area contributed by atoms with Gasteiger partial charge in [-0.25, -0.2) is 27.4 Å². The Morgan fingerprint density at radius 2 is 1.56 bits per heavy atom. The second kappa shape index (κ2) is 8.57. The molecule has 0 radical (unpaired) electrons. The number of nitrogens with two attached hydrogens (primary N) is 1. The van der Waals surface area contributed by atoms with Crippen molar-refractivity contribution < 1.29 is 17.6 Å². The van der Waals surface area contributed by atoms with Gasteiger partial charge in [-0.1, -0.05) is 42.5 Å². The van der Waals surface area contributed by atoms with Crippen LogP contribution in [0, 0.1) is 5.82 Å². The zero-order valence-corrected chi connectivity index (χ0v) is 17.3. The molecule has 1 heterocycles. The first-order chi connectivity index (χ1) is 15.3. The normalized spacial score (nSPS) is 11.2. The first-order valence-corrected chi connectivity index (χ1v) is 10.8. The standard InChI is InChI=1S/C21H17FN6O3S/c22-15-10-12-16(13-11-15)28-19(14-6-2-1-3-7-14)25-20(27-28)26-21(29)24-17-8-4-5-9-18(17)32(23,30)31/h1-13H,(H2,23,30,31)(H2,24,26,27,29). The molecule has 0 bridgehead atoms. The molecule has 0 atom stereocenters. The molecule has 0 aliphatic rings. The molecule has 4 rings (SSSR count). The van der Waals surface area contributed by atoms with Crippen LogP contribution in [0.25, 0.3) is 17.1 Å². The van der Waals surface area contributed by atoms with E-state index in [2.05, 4.69) is 20.7 Å². The quantitative estimate of drug-likeness (QED) is 0.427. The third kappa shape index (κ3) is 4.63. The number of nitrogens with one attached hydrogen (secondary N) is 2. The number of carbonyl (C=O) groups excluding carboxylic acids is 1. The number of benzene rings is 3. The lowest BCUT2D eigenvalue weighted by Crippen LogP contribution is -2.23. The summed E-state index contributed by atoms with van der Waals surface area (Å²) >= 11 is 0. The Morgan fingerprint density at radius 3 is 2.25 bits per heavy atom. The minimum absolute atomic E-state index is 0.00810. The van der Waals surface area contributed by atoms with Gasteiger partial charge >= 0.3 is 6.03 Å². The zero-order chi connectivity index (χ0) is 22.7. The fourth-order valence-electron chi connectivity index (χ4n) is 2.97. The lowest BCUT2D eigenvalue weighted by molar-refractivity contribution is 0.262. The van der Waals surface area contributed by atoms with Gasteiger partial charge in [-0.3, -0.25) is 5.32 Å². The molecule has 0 fully saturated rings. The van der Waals surface area contributed by atoms with Crippen LogP contribution < -0.4 is 15.8 Å². The highest BCUT2D eigenvalue weighted by molar-refractivity contribution is 7.89. The van der Waals surface area contributed by atoms with Gasteiger partial charge in [0.15, 0.2) is 5.82 Å². The Kier molecular flexibility index (Phi) is 5.67. The van der Waals surface area contributed by atoms with Gasteiger partial charge in [0, 0.05) is 5.56 Å². The lowest BCUT2D eigenvalue weighted by atomic mass is 10.2. The molecule has 0 aliphatic heterocycles. The Balaban J connectivity index is 1.65. The number of halogens is 1. The van der Waals surface area contributed by atoms with E-state index in [9.17, 15) is 17.6 Å². The third-order valence-electron chi connectivity index (χ3n) is 4.38. The van der Waals surface area contributed by atoms with Crippen LogP contribution in [-0.4, -0.2) is 29.2 Å². The number of hydrogen-bond acceptors (Lipinski definition) is 5. The summed E-state index contributed by atoms with van der Waals surface area (Å²) < 4.78 is 38.3. The first kappa shape index (κ1) is 21.2. The number of urea groups is 1. The summed E-state index contributed by atoms with van der Waals surface area (Å²) in [7, 11) is -4.04. The molecule has 1 aromatic heterocycles. The molecule has 0 saturated heterocycles. The number of amides is 2. The summed E-state index contributed by atoms with van der Waals surface area (Å²) in [6.07, 6.45) is 0. The maximum absolute atomic E-state index is 13.4. The summed E-state index contributed by atoms with van der Waals surface area (Å²) in [5, 5.41) is 14.4. The van der Waals surface area contributed by atoms with E-state index in [0.717, 1.165) is 5.56 Å². The van der Waals surface area contributed by atoms with Gasteiger partial charge in [-0.2, -0.15) is 4.98 Å². The summed E-state index contributed by atoms with van der Waals surface area (Å²) in [4.78, 5) is 16.6. The molecule has 9 nitrogen and oxygen atoms in total. The predicted octanol–water partition coefficient (Wildman–Crippen LogP) is 3.36. The van der Waals surface area contributed by atoms with E-state index in [1.807, 2.05) is 30.3 Å². The second-order valence-electron chi connectivity index (χ2n) is 6.63. The van der Waals surface area contributed by atoms with Crippen LogP contribution in [0.15, 0.2) is 83.8 Å². The minimum atomic E-state index is -4.04. The molecule has 0 spiro atoms. The van der Waals surface area contributed by atoms with Crippen LogP contribution in [0.5, 0.6) is 0 Å². The van der Waals surface area contributed by atoms with E-state index in [0.29, 0.717) is 11.5 Å². The summed E-state index contributed by atoms with van der Waals surface area (Å²) in [6.45, 7) is 0. The van der Waals surface area contributed by atoms with Crippen LogP contribution >= 0.6 is 0 Å². The first-order valence-electron chi connectivity index (χ1n) is 9.29. The number of hydrogen-bond donors (Lipinski definition) is 3. The number of anilines is 2. The van der Waals surface area contributed by atoms with Crippen molar-refractivity contribution in [1.82, 2.24) is 14.8 Å². The Hall–Kier alpha value is -4.09. The van der Waals surface area contributed by atoms with Crippen molar-refractivity contribution in [1.29, 1.82) is 0 Å². The molecule has 2 amide bonds. The highest BCUT2D eigenvalue weighted by Crippen LogP contribution is 2.23. The molecule has 0 unspecified atom stereocenters. The molecule has 4 N–H and O–H groups in total. The highest BCUT2D eigenvalue weighted by Gasteiger charge is 2.18. The fraction of sp³-hybridized carbons (Fsp3) is 0. The predicted molar refractivity (Wildman–Crippen MR) is 117 cm³/mol. The fourth-order valence-corrected chi connectivity index (χ4v) is 3.67. The molecular formula is C21H17FN6O3S. The summed E-state index contributed by atoms with van der Waals surface area (Å²) in [6, 6.07) is 19.7. The number of nitrogens with zero attached hydrogens (tertiary/aromatic N) is 3. The van der Waals surface area contributed by atoms with Crippen molar-refractivity contribution in [3.05, 3.63) is 84.7 Å². The van der Waals surface area contributed by atoms with Gasteiger partial charge in [-0.05, 0) is 36.4 Å².